The average molecular weight is 333 g/mol. The van der Waals surface area contributed by atoms with E-state index in [0.717, 1.165) is 37.2 Å². The van der Waals surface area contributed by atoms with E-state index >= 15 is 0 Å². The van der Waals surface area contributed by atoms with Gasteiger partial charge >= 0.3 is 0 Å². The minimum Gasteiger partial charge on any atom is -0.316 e. The van der Waals surface area contributed by atoms with Crippen LogP contribution in [0.1, 0.15) is 45.0 Å². The van der Waals surface area contributed by atoms with Crippen molar-refractivity contribution in [2.24, 2.45) is 0 Å². The maximum absolute atomic E-state index is 13.2. The maximum Gasteiger partial charge on any atom is 0.123 e. The van der Waals surface area contributed by atoms with Gasteiger partial charge in [0.2, 0.25) is 0 Å². The molecule has 4 nitrogen and oxygen atoms in total. The fraction of sp³-hybridized carbons (Fsp3) is 0.474. The van der Waals surface area contributed by atoms with Crippen LogP contribution in [0, 0.1) is 5.82 Å². The van der Waals surface area contributed by atoms with Crippen molar-refractivity contribution in [2.45, 2.75) is 46.6 Å². The van der Waals surface area contributed by atoms with Crippen molar-refractivity contribution in [2.75, 3.05) is 13.1 Å². The van der Waals surface area contributed by atoms with Crippen LogP contribution >= 0.6 is 0 Å². The van der Waals surface area contributed by atoms with Gasteiger partial charge in [-0.25, -0.2) is 4.39 Å². The summed E-state index contributed by atoms with van der Waals surface area (Å²) in [4.78, 5) is 8.00. The van der Waals surface area contributed by atoms with Gasteiger partial charge in [0.1, 0.15) is 12.6 Å². The van der Waals surface area contributed by atoms with Gasteiger partial charge in [-0.3, -0.25) is 4.68 Å². The number of carbonyl (C=O) groups is 1. The number of hydrogen-bond acceptors (Lipinski definition) is 3. The summed E-state index contributed by atoms with van der Waals surface area (Å²) < 4.78 is 15.2. The highest BCUT2D eigenvalue weighted by Gasteiger charge is 2.21. The zero-order valence-corrected chi connectivity index (χ0v) is 15.1. The van der Waals surface area contributed by atoms with E-state index in [1.165, 1.54) is 23.4 Å². The van der Waals surface area contributed by atoms with Crippen LogP contribution < -0.4 is 5.32 Å². The fourth-order valence-electron chi connectivity index (χ4n) is 2.81. The second-order valence-corrected chi connectivity index (χ2v) is 5.57. The van der Waals surface area contributed by atoms with E-state index in [2.05, 4.69) is 23.8 Å². The van der Waals surface area contributed by atoms with Crippen LogP contribution in [-0.2, 0) is 17.6 Å². The number of rotatable bonds is 2. The summed E-state index contributed by atoms with van der Waals surface area (Å²) >= 11 is 0. The summed E-state index contributed by atoms with van der Waals surface area (Å²) in [6.45, 7) is 12.2. The summed E-state index contributed by atoms with van der Waals surface area (Å²) in [6, 6.07) is 7.05. The first-order valence-corrected chi connectivity index (χ1v) is 8.52. The number of halogens is 1. The minimum atomic E-state index is -0.197. The van der Waals surface area contributed by atoms with E-state index in [1.807, 2.05) is 32.8 Å². The van der Waals surface area contributed by atoms with E-state index < -0.39 is 0 Å². The first kappa shape index (κ1) is 20.0. The number of fused-ring (bicyclic) bond motifs is 1. The lowest BCUT2D eigenvalue weighted by Gasteiger charge is -2.13. The molecule has 0 aliphatic carbocycles. The lowest BCUT2D eigenvalue weighted by molar-refractivity contribution is -0.0979. The third-order valence-electron chi connectivity index (χ3n) is 3.79. The van der Waals surface area contributed by atoms with Crippen LogP contribution in [0.4, 0.5) is 4.39 Å². The number of carbonyl (C=O) groups excluding carboxylic acids is 1. The molecule has 0 fully saturated rings. The standard InChI is InChI=1S/C16H20FN3.C2H6.CH2O/c1-11(2)20-16(12-3-5-13(17)6-4-12)14-7-9-18-10-8-15(14)19-20;2*1-2/h3-6,11,18H,7-10H2,1-2H3;1-2H3;1H2. The van der Waals surface area contributed by atoms with Crippen LogP contribution in [0.2, 0.25) is 0 Å². The second-order valence-electron chi connectivity index (χ2n) is 5.57. The monoisotopic (exact) mass is 333 g/mol. The Bertz CT molecular complexity index is 620. The molecule has 1 aliphatic rings. The number of nitrogens with one attached hydrogen (secondary N) is 1. The summed E-state index contributed by atoms with van der Waals surface area (Å²) in [6.07, 6.45) is 1.94. The van der Waals surface area contributed by atoms with Gasteiger partial charge < -0.3 is 10.1 Å². The Hall–Kier alpha value is -2.01. The molecular weight excluding hydrogens is 305 g/mol. The molecule has 0 saturated heterocycles. The van der Waals surface area contributed by atoms with Crippen molar-refractivity contribution < 1.29 is 9.18 Å². The molecule has 1 aliphatic heterocycles. The Labute approximate surface area is 144 Å². The fourth-order valence-corrected chi connectivity index (χ4v) is 2.81. The zero-order valence-electron chi connectivity index (χ0n) is 15.1. The number of nitrogens with zero attached hydrogens (tertiary/aromatic N) is 2. The van der Waals surface area contributed by atoms with Crippen LogP contribution in [-0.4, -0.2) is 29.7 Å². The van der Waals surface area contributed by atoms with Crippen molar-refractivity contribution in [3.63, 3.8) is 0 Å². The van der Waals surface area contributed by atoms with E-state index in [1.54, 1.807) is 0 Å². The molecule has 0 bridgehead atoms. The SMILES string of the molecule is C=O.CC.CC(C)n1nc2c(c1-c1ccc(F)cc1)CCNCC2. The molecule has 5 heteroatoms. The molecule has 3 rings (SSSR count). The first-order chi connectivity index (χ1) is 11.7. The van der Waals surface area contributed by atoms with Crippen molar-refractivity contribution >= 4 is 6.79 Å². The molecule has 0 spiro atoms. The molecule has 1 N–H and O–H groups in total. The van der Waals surface area contributed by atoms with Gasteiger partial charge in [-0.05, 0) is 51.1 Å². The van der Waals surface area contributed by atoms with E-state index in [0.29, 0.717) is 6.04 Å². The maximum atomic E-state index is 13.2. The zero-order chi connectivity index (χ0) is 18.1. The molecule has 24 heavy (non-hydrogen) atoms. The molecule has 0 radical (unpaired) electrons. The highest BCUT2D eigenvalue weighted by Crippen LogP contribution is 2.30. The molecule has 0 saturated carbocycles. The molecule has 1 aromatic heterocycles. The molecule has 2 heterocycles. The Kier molecular flexibility index (Phi) is 8.33. The molecule has 0 amide bonds. The Morgan fingerprint density at radius 2 is 1.71 bits per heavy atom. The van der Waals surface area contributed by atoms with Crippen molar-refractivity contribution in [3.8, 4) is 11.3 Å². The summed E-state index contributed by atoms with van der Waals surface area (Å²) in [7, 11) is 0. The quantitative estimate of drug-likeness (QED) is 0.909. The largest absolute Gasteiger partial charge is 0.316 e. The molecule has 2 aromatic rings. The van der Waals surface area contributed by atoms with Gasteiger partial charge in [0, 0.05) is 30.1 Å². The molecular formula is C19H28FN3O. The summed E-state index contributed by atoms with van der Waals surface area (Å²) in [5, 5.41) is 8.20. The topological polar surface area (TPSA) is 46.9 Å². The highest BCUT2D eigenvalue weighted by molar-refractivity contribution is 5.65. The van der Waals surface area contributed by atoms with Gasteiger partial charge in [0.15, 0.2) is 0 Å². The average Bonchev–Trinajstić information content (AvgIpc) is 2.83. The third kappa shape index (κ3) is 4.51. The molecule has 0 atom stereocenters. The third-order valence-corrected chi connectivity index (χ3v) is 3.79. The lowest BCUT2D eigenvalue weighted by atomic mass is 10.0. The summed E-state index contributed by atoms with van der Waals surface area (Å²) in [5.74, 6) is -0.197. The number of benzene rings is 1. The number of aromatic nitrogens is 2. The predicted molar refractivity (Wildman–Crippen MR) is 96.8 cm³/mol. The van der Waals surface area contributed by atoms with Crippen LogP contribution in [0.25, 0.3) is 11.3 Å². The smallest absolute Gasteiger partial charge is 0.123 e. The van der Waals surface area contributed by atoms with E-state index in [-0.39, 0.29) is 5.82 Å². The van der Waals surface area contributed by atoms with Crippen LogP contribution in [0.3, 0.4) is 0 Å². The number of hydrogen-bond donors (Lipinski definition) is 1. The van der Waals surface area contributed by atoms with Crippen LogP contribution in [0.5, 0.6) is 0 Å². The first-order valence-electron chi connectivity index (χ1n) is 8.52. The second kappa shape index (κ2) is 9.98. The van der Waals surface area contributed by atoms with Crippen molar-refractivity contribution in [3.05, 3.63) is 41.3 Å². The normalized spacial score (nSPS) is 13.1. The molecule has 0 unspecified atom stereocenters. The minimum absolute atomic E-state index is 0.197. The summed E-state index contributed by atoms with van der Waals surface area (Å²) in [5.41, 5.74) is 4.70. The van der Waals surface area contributed by atoms with Gasteiger partial charge in [-0.15, -0.1) is 0 Å². The van der Waals surface area contributed by atoms with E-state index in [4.69, 9.17) is 9.89 Å². The van der Waals surface area contributed by atoms with E-state index in [9.17, 15) is 4.39 Å². The lowest BCUT2D eigenvalue weighted by Crippen LogP contribution is -2.17. The van der Waals surface area contributed by atoms with Crippen molar-refractivity contribution in [1.29, 1.82) is 0 Å². The van der Waals surface area contributed by atoms with Crippen molar-refractivity contribution in [1.82, 2.24) is 15.1 Å². The Morgan fingerprint density at radius 1 is 1.12 bits per heavy atom. The molecule has 132 valence electrons. The highest BCUT2D eigenvalue weighted by atomic mass is 19.1. The van der Waals surface area contributed by atoms with Gasteiger partial charge in [0.05, 0.1) is 11.4 Å². The Morgan fingerprint density at radius 3 is 2.29 bits per heavy atom. The van der Waals surface area contributed by atoms with Gasteiger partial charge in [-0.2, -0.15) is 5.10 Å². The molecule has 1 aromatic carbocycles. The van der Waals surface area contributed by atoms with Gasteiger partial charge in [0.25, 0.3) is 0 Å². The van der Waals surface area contributed by atoms with Gasteiger partial charge in [-0.1, -0.05) is 13.8 Å². The predicted octanol–water partition coefficient (Wildman–Crippen LogP) is 3.80. The Balaban J connectivity index is 0.000000671. The van der Waals surface area contributed by atoms with Crippen LogP contribution in [0.15, 0.2) is 24.3 Å².